The van der Waals surface area contributed by atoms with Gasteiger partial charge in [0.25, 0.3) is 0 Å². The molecule has 1 aliphatic rings. The number of methoxy groups -OCH3 is 1. The summed E-state index contributed by atoms with van der Waals surface area (Å²) in [5.74, 6) is 0.597. The van der Waals surface area contributed by atoms with E-state index in [9.17, 15) is 4.79 Å². The largest absolute Gasteiger partial charge is 0.516 e. The van der Waals surface area contributed by atoms with Crippen LogP contribution in [0.1, 0.15) is 37.8 Å². The summed E-state index contributed by atoms with van der Waals surface area (Å²) in [6.45, 7) is 2.75. The first-order chi connectivity index (χ1) is 10.7. The molecule has 2 heterocycles. The van der Waals surface area contributed by atoms with E-state index in [1.54, 1.807) is 6.20 Å². The summed E-state index contributed by atoms with van der Waals surface area (Å²) in [7, 11) is 1.29. The Hall–Kier alpha value is -2.11. The first-order valence-electron chi connectivity index (χ1n) is 7.76. The van der Waals surface area contributed by atoms with E-state index in [2.05, 4.69) is 14.7 Å². The van der Waals surface area contributed by atoms with Crippen molar-refractivity contribution in [3.8, 4) is 6.01 Å². The summed E-state index contributed by atoms with van der Waals surface area (Å²) in [5, 5.41) is 0. The van der Waals surface area contributed by atoms with Crippen molar-refractivity contribution in [1.82, 2.24) is 14.5 Å². The van der Waals surface area contributed by atoms with Crippen LogP contribution < -0.4 is 4.74 Å². The van der Waals surface area contributed by atoms with E-state index in [4.69, 9.17) is 4.74 Å². The second-order valence-corrected chi connectivity index (χ2v) is 5.88. The molecule has 22 heavy (non-hydrogen) atoms. The van der Waals surface area contributed by atoms with Crippen LogP contribution in [-0.4, -0.2) is 27.8 Å². The molecular weight excluding hydrogens is 282 g/mol. The fraction of sp³-hybridized carbons (Fsp3) is 0.562. The minimum absolute atomic E-state index is 0.292. The maximum Gasteiger partial charge on any atom is 0.516 e. The number of imidazole rings is 1. The molecule has 2 aromatic heterocycles. The summed E-state index contributed by atoms with van der Waals surface area (Å²) in [6.07, 6.45) is 7.24. The minimum Gasteiger partial charge on any atom is -0.437 e. The second-order valence-electron chi connectivity index (χ2n) is 5.88. The van der Waals surface area contributed by atoms with Gasteiger partial charge in [0.1, 0.15) is 5.52 Å². The lowest BCUT2D eigenvalue weighted by molar-refractivity contribution is 0.115. The van der Waals surface area contributed by atoms with Crippen molar-refractivity contribution in [2.45, 2.75) is 45.6 Å². The first kappa shape index (κ1) is 14.8. The molecule has 0 spiro atoms. The number of aryl methyl sites for hydroxylation is 1. The molecule has 0 amide bonds. The average molecular weight is 303 g/mol. The third-order valence-electron chi connectivity index (χ3n) is 4.24. The molecule has 0 aliphatic heterocycles. The Morgan fingerprint density at radius 3 is 2.86 bits per heavy atom. The van der Waals surface area contributed by atoms with E-state index in [-0.39, 0.29) is 0 Å². The van der Waals surface area contributed by atoms with Gasteiger partial charge in [-0.15, -0.1) is 0 Å². The number of hydrogen-bond acceptors (Lipinski definition) is 5. The number of carbonyl (C=O) groups excluding carboxylic acids is 1. The fourth-order valence-electron chi connectivity index (χ4n) is 3.11. The zero-order chi connectivity index (χ0) is 15.5. The van der Waals surface area contributed by atoms with Crippen LogP contribution in [0.25, 0.3) is 11.0 Å². The van der Waals surface area contributed by atoms with E-state index in [1.807, 2.05) is 17.6 Å². The SMILES string of the molecule is COC(=O)Oc1nc2cnc(C)cc2n1CC1CCCCC1. The average Bonchev–Trinajstić information content (AvgIpc) is 2.85. The lowest BCUT2D eigenvalue weighted by Crippen LogP contribution is -2.17. The van der Waals surface area contributed by atoms with Gasteiger partial charge in [0.05, 0.1) is 18.8 Å². The molecule has 0 unspecified atom stereocenters. The number of pyridine rings is 1. The zero-order valence-electron chi connectivity index (χ0n) is 13.0. The monoisotopic (exact) mass is 303 g/mol. The molecule has 0 bridgehead atoms. The Balaban J connectivity index is 1.96. The topological polar surface area (TPSA) is 66.2 Å². The molecule has 0 atom stereocenters. The van der Waals surface area contributed by atoms with Crippen LogP contribution in [0.2, 0.25) is 0 Å². The Labute approximate surface area is 129 Å². The lowest BCUT2D eigenvalue weighted by atomic mass is 9.89. The Morgan fingerprint density at radius 2 is 2.14 bits per heavy atom. The summed E-state index contributed by atoms with van der Waals surface area (Å²) in [4.78, 5) is 20.1. The van der Waals surface area contributed by atoms with Crippen LogP contribution in [-0.2, 0) is 11.3 Å². The van der Waals surface area contributed by atoms with Crippen LogP contribution in [0.5, 0.6) is 6.01 Å². The molecule has 0 radical (unpaired) electrons. The quantitative estimate of drug-likeness (QED) is 0.812. The van der Waals surface area contributed by atoms with Crippen LogP contribution in [0.3, 0.4) is 0 Å². The van der Waals surface area contributed by atoms with E-state index < -0.39 is 6.16 Å². The van der Waals surface area contributed by atoms with Crippen LogP contribution in [0.15, 0.2) is 12.3 Å². The standard InChI is InChI=1S/C16H21N3O3/c1-11-8-14-13(9-17-11)18-15(22-16(20)21-2)19(14)10-12-6-4-3-5-7-12/h8-9,12H,3-7,10H2,1-2H3. The van der Waals surface area contributed by atoms with Crippen LogP contribution in [0, 0.1) is 12.8 Å². The molecular formula is C16H21N3O3. The van der Waals surface area contributed by atoms with Crippen molar-refractivity contribution in [1.29, 1.82) is 0 Å². The number of carbonyl (C=O) groups is 1. The van der Waals surface area contributed by atoms with Crippen molar-refractivity contribution >= 4 is 17.2 Å². The molecule has 6 nitrogen and oxygen atoms in total. The van der Waals surface area contributed by atoms with Gasteiger partial charge in [0.2, 0.25) is 0 Å². The maximum absolute atomic E-state index is 11.5. The Kier molecular flexibility index (Phi) is 4.27. The van der Waals surface area contributed by atoms with Gasteiger partial charge < -0.3 is 9.47 Å². The molecule has 6 heteroatoms. The van der Waals surface area contributed by atoms with Crippen LogP contribution >= 0.6 is 0 Å². The number of ether oxygens (including phenoxy) is 2. The number of fused-ring (bicyclic) bond motifs is 1. The van der Waals surface area contributed by atoms with Crippen molar-refractivity contribution in [2.24, 2.45) is 5.92 Å². The van der Waals surface area contributed by atoms with Gasteiger partial charge in [-0.2, -0.15) is 4.98 Å². The fourth-order valence-corrected chi connectivity index (χ4v) is 3.11. The molecule has 118 valence electrons. The molecule has 2 aromatic rings. The first-order valence-corrected chi connectivity index (χ1v) is 7.76. The highest BCUT2D eigenvalue weighted by Gasteiger charge is 2.21. The van der Waals surface area contributed by atoms with Gasteiger partial charge in [-0.1, -0.05) is 19.3 Å². The smallest absolute Gasteiger partial charge is 0.437 e. The number of hydrogen-bond donors (Lipinski definition) is 0. The van der Waals surface area contributed by atoms with Gasteiger partial charge in [0, 0.05) is 12.2 Å². The molecule has 0 aromatic carbocycles. The molecule has 1 fully saturated rings. The van der Waals surface area contributed by atoms with Gasteiger partial charge in [-0.3, -0.25) is 9.55 Å². The van der Waals surface area contributed by atoms with E-state index in [0.717, 1.165) is 23.3 Å². The third-order valence-corrected chi connectivity index (χ3v) is 4.24. The highest BCUT2D eigenvalue weighted by atomic mass is 16.7. The molecule has 0 saturated heterocycles. The summed E-state index contributed by atoms with van der Waals surface area (Å²) in [6, 6.07) is 2.27. The van der Waals surface area contributed by atoms with Gasteiger partial charge in [-0.05, 0) is 31.7 Å². The van der Waals surface area contributed by atoms with Crippen molar-refractivity contribution in [3.05, 3.63) is 18.0 Å². The summed E-state index contributed by atoms with van der Waals surface area (Å²) in [5.41, 5.74) is 2.61. The molecule has 0 N–H and O–H groups in total. The number of rotatable bonds is 3. The van der Waals surface area contributed by atoms with E-state index in [0.29, 0.717) is 11.9 Å². The Morgan fingerprint density at radius 1 is 1.36 bits per heavy atom. The third kappa shape index (κ3) is 3.05. The Bertz CT molecular complexity index is 675. The number of aromatic nitrogens is 3. The predicted octanol–water partition coefficient (Wildman–Crippen LogP) is 3.47. The second kappa shape index (κ2) is 6.34. The van der Waals surface area contributed by atoms with Crippen molar-refractivity contribution < 1.29 is 14.3 Å². The van der Waals surface area contributed by atoms with Crippen LogP contribution in [0.4, 0.5) is 4.79 Å². The van der Waals surface area contributed by atoms with Gasteiger partial charge in [0.15, 0.2) is 0 Å². The molecule has 3 rings (SSSR count). The van der Waals surface area contributed by atoms with Gasteiger partial charge >= 0.3 is 12.2 Å². The van der Waals surface area contributed by atoms with Gasteiger partial charge in [-0.25, -0.2) is 4.79 Å². The normalized spacial score (nSPS) is 15.9. The summed E-state index contributed by atoms with van der Waals surface area (Å²) < 4.78 is 11.8. The van der Waals surface area contributed by atoms with E-state index >= 15 is 0 Å². The highest BCUT2D eigenvalue weighted by Crippen LogP contribution is 2.29. The minimum atomic E-state index is -0.745. The summed E-state index contributed by atoms with van der Waals surface area (Å²) >= 11 is 0. The van der Waals surface area contributed by atoms with Crippen molar-refractivity contribution in [3.63, 3.8) is 0 Å². The molecule has 1 aliphatic carbocycles. The lowest BCUT2D eigenvalue weighted by Gasteiger charge is -2.22. The predicted molar refractivity (Wildman–Crippen MR) is 81.9 cm³/mol. The van der Waals surface area contributed by atoms with E-state index in [1.165, 1.54) is 39.2 Å². The maximum atomic E-state index is 11.5. The van der Waals surface area contributed by atoms with Crippen molar-refractivity contribution in [2.75, 3.05) is 7.11 Å². The molecule has 1 saturated carbocycles. The highest BCUT2D eigenvalue weighted by molar-refractivity contribution is 5.77. The zero-order valence-corrected chi connectivity index (χ0v) is 13.0. The number of nitrogens with zero attached hydrogens (tertiary/aromatic N) is 3.